The van der Waals surface area contributed by atoms with E-state index in [0.717, 1.165) is 23.3 Å². The van der Waals surface area contributed by atoms with Crippen LogP contribution in [0.2, 0.25) is 0 Å². The van der Waals surface area contributed by atoms with Gasteiger partial charge in [0.25, 0.3) is 12.7 Å². The van der Waals surface area contributed by atoms with E-state index in [9.17, 15) is 17.6 Å². The first-order valence-electron chi connectivity index (χ1n) is 11.2. The maximum atomic E-state index is 13.9. The van der Waals surface area contributed by atoms with E-state index < -0.39 is 23.3 Å². The Morgan fingerprint density at radius 1 is 0.583 bits per heavy atom. The fourth-order valence-corrected chi connectivity index (χ4v) is 3.87. The number of nitrogens with zero attached hydrogens (tertiary/aromatic N) is 6. The second-order valence-electron chi connectivity index (χ2n) is 8.52. The highest BCUT2D eigenvalue weighted by Crippen LogP contribution is 2.12. The molecule has 6 nitrogen and oxygen atoms in total. The van der Waals surface area contributed by atoms with Gasteiger partial charge in [0.05, 0.1) is 13.1 Å². The normalized spacial score (nSPS) is 11.2. The van der Waals surface area contributed by atoms with Gasteiger partial charge in [0.15, 0.2) is 0 Å². The van der Waals surface area contributed by atoms with Crippen molar-refractivity contribution in [3.63, 3.8) is 0 Å². The summed E-state index contributed by atoms with van der Waals surface area (Å²) in [6.07, 6.45) is 6.85. The van der Waals surface area contributed by atoms with Crippen molar-refractivity contribution in [3.05, 3.63) is 131 Å². The van der Waals surface area contributed by atoms with Crippen molar-refractivity contribution in [2.24, 2.45) is 0 Å². The highest BCUT2D eigenvalue weighted by Gasteiger charge is 2.13. The minimum absolute atomic E-state index is 0.205. The van der Waals surface area contributed by atoms with Crippen LogP contribution in [0.3, 0.4) is 0 Å². The fraction of sp³-hybridized carbons (Fsp3) is 0.154. The zero-order valence-corrected chi connectivity index (χ0v) is 19.1. The highest BCUT2D eigenvalue weighted by molar-refractivity contribution is 5.21. The molecule has 0 aliphatic heterocycles. The Balaban J connectivity index is 1.18. The summed E-state index contributed by atoms with van der Waals surface area (Å²) in [5, 5.41) is 8.50. The lowest BCUT2D eigenvalue weighted by Crippen LogP contribution is -2.32. The summed E-state index contributed by atoms with van der Waals surface area (Å²) in [6.45, 7) is 1.58. The van der Waals surface area contributed by atoms with Crippen LogP contribution in [-0.2, 0) is 26.2 Å². The molecule has 0 amide bonds. The van der Waals surface area contributed by atoms with Crippen LogP contribution in [0.4, 0.5) is 17.6 Å². The number of hydrogen-bond acceptors (Lipinski definition) is 2. The molecule has 0 fully saturated rings. The maximum absolute atomic E-state index is 13.9. The molecule has 0 unspecified atom stereocenters. The lowest BCUT2D eigenvalue weighted by atomic mass is 10.1. The van der Waals surface area contributed by atoms with E-state index in [-0.39, 0.29) is 13.1 Å². The molecule has 0 radical (unpaired) electrons. The van der Waals surface area contributed by atoms with Gasteiger partial charge in [0.2, 0.25) is 12.7 Å². The molecule has 2 aromatic heterocycles. The number of rotatable bonds is 8. The molecular formula is C26H22F4N6+2. The minimum Gasteiger partial charge on any atom is -0.233 e. The monoisotopic (exact) mass is 494 g/mol. The fourth-order valence-electron chi connectivity index (χ4n) is 3.87. The molecule has 0 atom stereocenters. The van der Waals surface area contributed by atoms with Gasteiger partial charge in [0, 0.05) is 33.5 Å². The standard InChI is InChI=1S/C26H22F4N6/c27-23-7-5-21(25(29)9-23)13-35-17-33(15-31-35)11-19-1-2-20(4-3-19)12-34-16-32-36(18-34)14-22-6-8-24(28)10-26(22)30/h1-10,15-18H,11-14H2/q+2. The molecule has 0 N–H and O–H groups in total. The quantitative estimate of drug-likeness (QED) is 0.245. The van der Waals surface area contributed by atoms with Gasteiger partial charge in [-0.15, -0.1) is 9.36 Å². The third-order valence-corrected chi connectivity index (χ3v) is 5.71. The molecule has 0 aliphatic carbocycles. The smallest absolute Gasteiger partial charge is 0.233 e. The van der Waals surface area contributed by atoms with Gasteiger partial charge >= 0.3 is 0 Å². The van der Waals surface area contributed by atoms with Crippen LogP contribution in [0.1, 0.15) is 22.3 Å². The molecule has 0 spiro atoms. The Morgan fingerprint density at radius 2 is 1.00 bits per heavy atom. The van der Waals surface area contributed by atoms with Crippen LogP contribution in [0.25, 0.3) is 0 Å². The largest absolute Gasteiger partial charge is 0.265 e. The molecule has 5 rings (SSSR count). The van der Waals surface area contributed by atoms with Crippen LogP contribution in [0.5, 0.6) is 0 Å². The zero-order chi connectivity index (χ0) is 25.1. The summed E-state index contributed by atoms with van der Waals surface area (Å²) in [6, 6.07) is 15.1. The molecule has 2 heterocycles. The van der Waals surface area contributed by atoms with E-state index >= 15 is 0 Å². The summed E-state index contributed by atoms with van der Waals surface area (Å²) < 4.78 is 60.9. The second kappa shape index (κ2) is 10.1. The second-order valence-corrected chi connectivity index (χ2v) is 8.52. The summed E-state index contributed by atoms with van der Waals surface area (Å²) >= 11 is 0. The van der Waals surface area contributed by atoms with Gasteiger partial charge in [-0.1, -0.05) is 24.3 Å². The summed E-state index contributed by atoms with van der Waals surface area (Å²) in [7, 11) is 0. The Morgan fingerprint density at radius 3 is 1.39 bits per heavy atom. The van der Waals surface area contributed by atoms with Gasteiger partial charge in [-0.25, -0.2) is 26.7 Å². The van der Waals surface area contributed by atoms with Crippen molar-refractivity contribution in [3.8, 4) is 0 Å². The minimum atomic E-state index is -0.608. The topological polar surface area (TPSA) is 43.4 Å². The number of halogens is 4. The van der Waals surface area contributed by atoms with Crippen molar-refractivity contribution in [1.82, 2.24) is 19.6 Å². The lowest BCUT2D eigenvalue weighted by Gasteiger charge is -2.02. The molecule has 3 aromatic carbocycles. The summed E-state index contributed by atoms with van der Waals surface area (Å²) in [5.41, 5.74) is 2.84. The van der Waals surface area contributed by atoms with E-state index in [1.54, 1.807) is 34.7 Å². The highest BCUT2D eigenvalue weighted by atomic mass is 19.1. The first kappa shape index (κ1) is 23.4. The molecule has 0 saturated carbocycles. The molecule has 0 saturated heterocycles. The van der Waals surface area contributed by atoms with Crippen LogP contribution in [-0.4, -0.2) is 19.6 Å². The third kappa shape index (κ3) is 5.65. The van der Waals surface area contributed by atoms with Gasteiger partial charge in [-0.2, -0.15) is 0 Å². The average molecular weight is 494 g/mol. The molecule has 5 aromatic rings. The molecule has 10 heteroatoms. The first-order valence-corrected chi connectivity index (χ1v) is 11.2. The van der Waals surface area contributed by atoms with Gasteiger partial charge < -0.3 is 0 Å². The molecule has 0 bridgehead atoms. The van der Waals surface area contributed by atoms with Crippen LogP contribution in [0, 0.1) is 23.3 Å². The Kier molecular flexibility index (Phi) is 6.57. The van der Waals surface area contributed by atoms with E-state index in [1.807, 2.05) is 33.4 Å². The van der Waals surface area contributed by atoms with Crippen LogP contribution in [0.15, 0.2) is 86.0 Å². The van der Waals surface area contributed by atoms with Crippen molar-refractivity contribution in [2.45, 2.75) is 26.2 Å². The van der Waals surface area contributed by atoms with Gasteiger partial charge in [0.1, 0.15) is 36.4 Å². The average Bonchev–Trinajstić information content (AvgIpc) is 3.48. The van der Waals surface area contributed by atoms with E-state index in [2.05, 4.69) is 10.2 Å². The van der Waals surface area contributed by atoms with E-state index in [0.29, 0.717) is 24.2 Å². The maximum Gasteiger partial charge on any atom is 0.265 e. The van der Waals surface area contributed by atoms with E-state index in [4.69, 9.17) is 0 Å². The summed E-state index contributed by atoms with van der Waals surface area (Å²) in [5.74, 6) is -2.41. The van der Waals surface area contributed by atoms with Crippen LogP contribution < -0.4 is 9.13 Å². The van der Waals surface area contributed by atoms with Gasteiger partial charge in [-0.3, -0.25) is 0 Å². The predicted octanol–water partition coefficient (Wildman–Crippen LogP) is 3.40. The first-order chi connectivity index (χ1) is 17.4. The third-order valence-electron chi connectivity index (χ3n) is 5.71. The van der Waals surface area contributed by atoms with Crippen molar-refractivity contribution in [2.75, 3.05) is 0 Å². The Bertz CT molecular complexity index is 1380. The molecule has 182 valence electrons. The van der Waals surface area contributed by atoms with Gasteiger partial charge in [-0.05, 0) is 35.4 Å². The number of aromatic nitrogens is 6. The van der Waals surface area contributed by atoms with Crippen molar-refractivity contribution < 1.29 is 26.7 Å². The predicted molar refractivity (Wildman–Crippen MR) is 120 cm³/mol. The Labute approximate surface area is 204 Å². The van der Waals surface area contributed by atoms with E-state index in [1.165, 1.54) is 24.3 Å². The molecular weight excluding hydrogens is 472 g/mol. The summed E-state index contributed by atoms with van der Waals surface area (Å²) in [4.78, 5) is 0. The molecule has 0 aliphatic rings. The SMILES string of the molecule is Fc1ccc(Cn2c[n+](Cc3ccc(C[n+]4cnn(Cc5ccc(F)cc5F)c4)cc3)cn2)c(F)c1. The van der Waals surface area contributed by atoms with Crippen molar-refractivity contribution >= 4 is 0 Å². The van der Waals surface area contributed by atoms with Crippen molar-refractivity contribution in [1.29, 1.82) is 0 Å². The lowest BCUT2D eigenvalue weighted by molar-refractivity contribution is -0.689. The number of hydrogen-bond donors (Lipinski definition) is 0. The molecule has 36 heavy (non-hydrogen) atoms. The van der Waals surface area contributed by atoms with Crippen LogP contribution >= 0.6 is 0 Å². The Hall–Kier alpha value is -4.34. The zero-order valence-electron chi connectivity index (χ0n) is 19.1. The number of benzene rings is 3.